The van der Waals surface area contributed by atoms with Crippen LogP contribution >= 0.6 is 0 Å². The van der Waals surface area contributed by atoms with Crippen LogP contribution in [0.2, 0.25) is 0 Å². The van der Waals surface area contributed by atoms with E-state index in [0.29, 0.717) is 11.3 Å². The first kappa shape index (κ1) is 21.9. The van der Waals surface area contributed by atoms with Crippen LogP contribution in [0.4, 0.5) is 8.78 Å². The molecule has 0 aliphatic carbocycles. The van der Waals surface area contributed by atoms with Gasteiger partial charge in [0.25, 0.3) is 5.91 Å². The second kappa shape index (κ2) is 10.8. The highest BCUT2D eigenvalue weighted by molar-refractivity contribution is 5.82. The molecule has 1 N–H and O–H groups in total. The van der Waals surface area contributed by atoms with E-state index in [2.05, 4.69) is 10.1 Å². The van der Waals surface area contributed by atoms with E-state index in [0.717, 1.165) is 0 Å². The number of nitrogens with one attached hydrogen (secondary N) is 1. The first-order chi connectivity index (χ1) is 13.9. The summed E-state index contributed by atoms with van der Waals surface area (Å²) >= 11 is 0. The second-order valence-corrected chi connectivity index (χ2v) is 5.82. The van der Waals surface area contributed by atoms with E-state index >= 15 is 0 Å². The van der Waals surface area contributed by atoms with Gasteiger partial charge in [-0.3, -0.25) is 4.79 Å². The van der Waals surface area contributed by atoms with Gasteiger partial charge in [-0.1, -0.05) is 24.3 Å². The molecular formula is C20H21F2NO6. The van der Waals surface area contributed by atoms with Crippen molar-refractivity contribution in [3.63, 3.8) is 0 Å². The van der Waals surface area contributed by atoms with E-state index in [1.54, 1.807) is 24.3 Å². The third-order valence-corrected chi connectivity index (χ3v) is 3.67. The highest BCUT2D eigenvalue weighted by atomic mass is 19.3. The molecule has 29 heavy (non-hydrogen) atoms. The first-order valence-electron chi connectivity index (χ1n) is 8.65. The molecule has 0 aliphatic heterocycles. The summed E-state index contributed by atoms with van der Waals surface area (Å²) in [5, 5.41) is 2.55. The molecular weight excluding hydrogens is 388 g/mol. The Balaban J connectivity index is 1.78. The van der Waals surface area contributed by atoms with Gasteiger partial charge in [0.2, 0.25) is 0 Å². The van der Waals surface area contributed by atoms with E-state index in [4.69, 9.17) is 14.2 Å². The fourth-order valence-electron chi connectivity index (χ4n) is 2.27. The predicted octanol–water partition coefficient (Wildman–Crippen LogP) is 2.92. The molecule has 9 heteroatoms. The Labute approximate surface area is 166 Å². The highest BCUT2D eigenvalue weighted by Gasteiger charge is 2.18. The summed E-state index contributed by atoms with van der Waals surface area (Å²) in [5.74, 6) is -0.708. The lowest BCUT2D eigenvalue weighted by Gasteiger charge is -2.14. The zero-order valence-electron chi connectivity index (χ0n) is 15.9. The summed E-state index contributed by atoms with van der Waals surface area (Å²) in [5.41, 5.74) is 0.587. The Hall–Kier alpha value is -3.36. The number of esters is 1. The van der Waals surface area contributed by atoms with Crippen molar-refractivity contribution in [2.75, 3.05) is 13.7 Å². The average Bonchev–Trinajstić information content (AvgIpc) is 2.71. The van der Waals surface area contributed by atoms with Crippen LogP contribution in [0.15, 0.2) is 48.5 Å². The number of rotatable bonds is 10. The fourth-order valence-corrected chi connectivity index (χ4v) is 2.27. The number of carbonyl (C=O) groups is 2. The number of alkyl halides is 2. The summed E-state index contributed by atoms with van der Waals surface area (Å²) in [6.07, 6.45) is -0.878. The van der Waals surface area contributed by atoms with Crippen molar-refractivity contribution < 1.29 is 37.3 Å². The van der Waals surface area contributed by atoms with Gasteiger partial charge in [-0.25, -0.2) is 4.79 Å². The molecule has 2 aromatic carbocycles. The van der Waals surface area contributed by atoms with E-state index in [1.807, 2.05) is 6.07 Å². The van der Waals surface area contributed by atoms with Gasteiger partial charge in [-0.15, -0.1) is 0 Å². The van der Waals surface area contributed by atoms with Crippen molar-refractivity contribution in [3.05, 3.63) is 54.1 Å². The zero-order chi connectivity index (χ0) is 21.2. The molecule has 0 bridgehead atoms. The molecule has 0 heterocycles. The van der Waals surface area contributed by atoms with E-state index in [1.165, 1.54) is 32.2 Å². The molecule has 2 aromatic rings. The zero-order valence-corrected chi connectivity index (χ0v) is 15.9. The lowest BCUT2D eigenvalue weighted by Crippen LogP contribution is -2.32. The van der Waals surface area contributed by atoms with Crippen LogP contribution in [0, 0.1) is 0 Å². The smallest absolute Gasteiger partial charge is 0.387 e. The monoisotopic (exact) mass is 409 g/mol. The number of hydrogen-bond donors (Lipinski definition) is 1. The topological polar surface area (TPSA) is 83.1 Å². The first-order valence-corrected chi connectivity index (χ1v) is 8.65. The minimum Gasteiger partial charge on any atom is -0.493 e. The van der Waals surface area contributed by atoms with Gasteiger partial charge in [0.15, 0.2) is 24.2 Å². The Kier molecular flexibility index (Phi) is 8.20. The Morgan fingerprint density at radius 3 is 2.41 bits per heavy atom. The van der Waals surface area contributed by atoms with Crippen LogP contribution in [0.1, 0.15) is 12.5 Å². The van der Waals surface area contributed by atoms with Crippen LogP contribution in [-0.2, 0) is 20.9 Å². The molecule has 0 radical (unpaired) electrons. The van der Waals surface area contributed by atoms with Crippen molar-refractivity contribution in [3.8, 4) is 17.2 Å². The summed E-state index contributed by atoms with van der Waals surface area (Å²) in [4.78, 5) is 23.8. The molecule has 156 valence electrons. The van der Waals surface area contributed by atoms with Crippen LogP contribution in [0.3, 0.4) is 0 Å². The number of amides is 1. The van der Waals surface area contributed by atoms with E-state index in [9.17, 15) is 18.4 Å². The number of methoxy groups -OCH3 is 1. The normalized spacial score (nSPS) is 11.5. The largest absolute Gasteiger partial charge is 0.493 e. The molecule has 0 saturated heterocycles. The molecule has 0 fully saturated rings. The number of carbonyl (C=O) groups excluding carboxylic acids is 2. The van der Waals surface area contributed by atoms with Gasteiger partial charge in [-0.05, 0) is 36.8 Å². The van der Waals surface area contributed by atoms with Crippen molar-refractivity contribution in [1.29, 1.82) is 0 Å². The summed E-state index contributed by atoms with van der Waals surface area (Å²) in [6, 6.07) is 13.0. The molecule has 0 spiro atoms. The molecule has 0 unspecified atom stereocenters. The third-order valence-electron chi connectivity index (χ3n) is 3.67. The quantitative estimate of drug-likeness (QED) is 0.608. The van der Waals surface area contributed by atoms with Crippen LogP contribution in [0.5, 0.6) is 17.2 Å². The maximum atomic E-state index is 12.3. The number of benzene rings is 2. The molecule has 2 rings (SSSR count). The molecule has 1 amide bonds. The van der Waals surface area contributed by atoms with Gasteiger partial charge in [-0.2, -0.15) is 8.78 Å². The second-order valence-electron chi connectivity index (χ2n) is 5.82. The maximum absolute atomic E-state index is 12.3. The van der Waals surface area contributed by atoms with Gasteiger partial charge in [0.05, 0.1) is 7.11 Å². The molecule has 0 aliphatic rings. The summed E-state index contributed by atoms with van der Waals surface area (Å²) in [6.45, 7) is -1.86. The standard InChI is InChI=1S/C20H21F2NO6/c1-13(28-15-6-4-3-5-7-15)19(25)27-12-18(24)23-11-14-8-9-16(29-20(21)22)17(10-14)26-2/h3-10,13,20H,11-12H2,1-2H3,(H,23,24)/t13-/m0/s1. The van der Waals surface area contributed by atoms with Crippen molar-refractivity contribution >= 4 is 11.9 Å². The molecule has 1 atom stereocenters. The number of para-hydroxylation sites is 1. The van der Waals surface area contributed by atoms with E-state index < -0.39 is 31.2 Å². The fraction of sp³-hybridized carbons (Fsp3) is 0.300. The number of halogens is 2. The lowest BCUT2D eigenvalue weighted by atomic mass is 10.2. The predicted molar refractivity (Wildman–Crippen MR) is 99.0 cm³/mol. The average molecular weight is 409 g/mol. The Bertz CT molecular complexity index is 816. The van der Waals surface area contributed by atoms with Gasteiger partial charge in [0.1, 0.15) is 5.75 Å². The Morgan fingerprint density at radius 1 is 1.03 bits per heavy atom. The van der Waals surface area contributed by atoms with Gasteiger partial charge < -0.3 is 24.3 Å². The van der Waals surface area contributed by atoms with Crippen molar-refractivity contribution in [2.45, 2.75) is 26.2 Å². The van der Waals surface area contributed by atoms with Crippen LogP contribution in [-0.4, -0.2) is 38.3 Å². The van der Waals surface area contributed by atoms with Gasteiger partial charge in [0, 0.05) is 6.54 Å². The van der Waals surface area contributed by atoms with Crippen molar-refractivity contribution in [2.24, 2.45) is 0 Å². The molecule has 0 aromatic heterocycles. The van der Waals surface area contributed by atoms with Crippen LogP contribution < -0.4 is 19.5 Å². The summed E-state index contributed by atoms with van der Waals surface area (Å²) < 4.78 is 44.3. The minimum atomic E-state index is -2.97. The highest BCUT2D eigenvalue weighted by Crippen LogP contribution is 2.29. The maximum Gasteiger partial charge on any atom is 0.387 e. The minimum absolute atomic E-state index is 0.0811. The van der Waals surface area contributed by atoms with Gasteiger partial charge >= 0.3 is 12.6 Å². The number of hydrogen-bond acceptors (Lipinski definition) is 6. The molecule has 7 nitrogen and oxygen atoms in total. The lowest BCUT2D eigenvalue weighted by molar-refractivity contribution is -0.154. The molecule has 0 saturated carbocycles. The van der Waals surface area contributed by atoms with Crippen LogP contribution in [0.25, 0.3) is 0 Å². The number of ether oxygens (including phenoxy) is 4. The SMILES string of the molecule is COc1cc(CNC(=O)COC(=O)[C@H](C)Oc2ccccc2)ccc1OC(F)F. The Morgan fingerprint density at radius 2 is 1.76 bits per heavy atom. The summed E-state index contributed by atoms with van der Waals surface area (Å²) in [7, 11) is 1.31. The van der Waals surface area contributed by atoms with E-state index in [-0.39, 0.29) is 18.0 Å². The van der Waals surface area contributed by atoms with Crippen molar-refractivity contribution in [1.82, 2.24) is 5.32 Å². The third kappa shape index (κ3) is 7.28.